The van der Waals surface area contributed by atoms with E-state index in [1.807, 2.05) is 29.2 Å². The summed E-state index contributed by atoms with van der Waals surface area (Å²) in [6.45, 7) is 5.50. The van der Waals surface area contributed by atoms with E-state index in [1.165, 1.54) is 11.3 Å². The van der Waals surface area contributed by atoms with Crippen LogP contribution in [0.1, 0.15) is 12.0 Å². The summed E-state index contributed by atoms with van der Waals surface area (Å²) in [5, 5.41) is 0. The van der Waals surface area contributed by atoms with Gasteiger partial charge in [0.15, 0.2) is 0 Å². The van der Waals surface area contributed by atoms with Crippen LogP contribution in [-0.4, -0.2) is 56.5 Å². The predicted octanol–water partition coefficient (Wildman–Crippen LogP) is 2.71. The van der Waals surface area contributed by atoms with Gasteiger partial charge in [-0.3, -0.25) is 9.59 Å². The molecule has 0 bridgehead atoms. The minimum Gasteiger partial charge on any atom is -0.495 e. The van der Waals surface area contributed by atoms with E-state index in [2.05, 4.69) is 36.1 Å². The molecule has 2 aromatic rings. The highest BCUT2D eigenvalue weighted by molar-refractivity contribution is 6.01. The van der Waals surface area contributed by atoms with Crippen molar-refractivity contribution < 1.29 is 14.3 Å². The molecule has 0 aliphatic carbocycles. The first kappa shape index (κ1) is 19.3. The Kier molecular flexibility index (Phi) is 5.43. The zero-order valence-corrected chi connectivity index (χ0v) is 17.0. The van der Waals surface area contributed by atoms with Crippen LogP contribution in [0.15, 0.2) is 48.5 Å². The Morgan fingerprint density at radius 2 is 1.79 bits per heavy atom. The van der Waals surface area contributed by atoms with Gasteiger partial charge < -0.3 is 19.4 Å². The van der Waals surface area contributed by atoms with Gasteiger partial charge in [-0.05, 0) is 36.8 Å². The third-order valence-electron chi connectivity index (χ3n) is 5.81. The highest BCUT2D eigenvalue weighted by Gasteiger charge is 2.38. The largest absolute Gasteiger partial charge is 0.495 e. The number of aryl methyl sites for hydroxylation is 1. The van der Waals surface area contributed by atoms with Gasteiger partial charge in [-0.1, -0.05) is 24.3 Å². The first-order chi connectivity index (χ1) is 14.1. The van der Waals surface area contributed by atoms with Crippen LogP contribution in [0, 0.1) is 12.8 Å². The number of nitrogens with zero attached hydrogens (tertiary/aromatic N) is 3. The number of carbonyl (C=O) groups is 2. The van der Waals surface area contributed by atoms with E-state index in [0.29, 0.717) is 25.4 Å². The molecule has 0 saturated carbocycles. The van der Waals surface area contributed by atoms with E-state index in [0.717, 1.165) is 18.8 Å². The number of benzene rings is 2. The van der Waals surface area contributed by atoms with Crippen LogP contribution in [0.5, 0.6) is 5.75 Å². The topological polar surface area (TPSA) is 53.1 Å². The normalized spacial score (nSPS) is 19.6. The Labute approximate surface area is 171 Å². The second kappa shape index (κ2) is 8.15. The van der Waals surface area contributed by atoms with Gasteiger partial charge in [-0.25, -0.2) is 0 Å². The van der Waals surface area contributed by atoms with Gasteiger partial charge in [0, 0.05) is 44.8 Å². The van der Waals surface area contributed by atoms with Gasteiger partial charge in [0.1, 0.15) is 5.75 Å². The number of para-hydroxylation sites is 2. The van der Waals surface area contributed by atoms with Crippen molar-refractivity contribution in [1.82, 2.24) is 4.90 Å². The molecule has 2 aliphatic rings. The van der Waals surface area contributed by atoms with Crippen LogP contribution in [0.3, 0.4) is 0 Å². The Balaban J connectivity index is 1.39. The lowest BCUT2D eigenvalue weighted by atomic mass is 10.1. The summed E-state index contributed by atoms with van der Waals surface area (Å²) >= 11 is 0. The van der Waals surface area contributed by atoms with E-state index in [9.17, 15) is 9.59 Å². The molecule has 0 aromatic heterocycles. The van der Waals surface area contributed by atoms with Crippen molar-refractivity contribution in [1.29, 1.82) is 0 Å². The van der Waals surface area contributed by atoms with E-state index in [4.69, 9.17) is 4.74 Å². The van der Waals surface area contributed by atoms with E-state index in [1.54, 1.807) is 12.0 Å². The molecular formula is C23H27N3O3. The first-order valence-corrected chi connectivity index (χ1v) is 10.1. The highest BCUT2D eigenvalue weighted by Crippen LogP contribution is 2.33. The third-order valence-corrected chi connectivity index (χ3v) is 5.81. The Morgan fingerprint density at radius 1 is 1.03 bits per heavy atom. The molecule has 152 valence electrons. The molecule has 0 N–H and O–H groups in total. The average Bonchev–Trinajstić information content (AvgIpc) is 3.14. The van der Waals surface area contributed by atoms with Crippen molar-refractivity contribution >= 4 is 23.2 Å². The maximum absolute atomic E-state index is 13.1. The van der Waals surface area contributed by atoms with Crippen molar-refractivity contribution in [2.24, 2.45) is 5.92 Å². The van der Waals surface area contributed by atoms with Crippen molar-refractivity contribution in [2.45, 2.75) is 13.3 Å². The highest BCUT2D eigenvalue weighted by atomic mass is 16.5. The zero-order chi connectivity index (χ0) is 20.4. The molecular weight excluding hydrogens is 366 g/mol. The molecule has 1 atom stereocenters. The van der Waals surface area contributed by atoms with Crippen LogP contribution in [0.4, 0.5) is 11.4 Å². The van der Waals surface area contributed by atoms with Crippen LogP contribution in [-0.2, 0) is 9.59 Å². The van der Waals surface area contributed by atoms with Crippen LogP contribution >= 0.6 is 0 Å². The average molecular weight is 393 g/mol. The molecule has 29 heavy (non-hydrogen) atoms. The van der Waals surface area contributed by atoms with Gasteiger partial charge in [-0.15, -0.1) is 0 Å². The molecule has 2 aromatic carbocycles. The fourth-order valence-corrected chi connectivity index (χ4v) is 4.23. The Morgan fingerprint density at radius 3 is 2.52 bits per heavy atom. The molecule has 1 unspecified atom stereocenters. The number of methoxy groups -OCH3 is 1. The van der Waals surface area contributed by atoms with Gasteiger partial charge in [0.2, 0.25) is 11.8 Å². The van der Waals surface area contributed by atoms with E-state index >= 15 is 0 Å². The number of hydrogen-bond acceptors (Lipinski definition) is 4. The third kappa shape index (κ3) is 3.92. The monoisotopic (exact) mass is 393 g/mol. The Bertz CT molecular complexity index is 906. The number of amides is 2. The fourth-order valence-electron chi connectivity index (χ4n) is 4.23. The minimum atomic E-state index is -0.294. The number of ether oxygens (including phenoxy) is 1. The van der Waals surface area contributed by atoms with Crippen molar-refractivity contribution in [3.63, 3.8) is 0 Å². The molecule has 2 fully saturated rings. The van der Waals surface area contributed by atoms with Gasteiger partial charge in [0.25, 0.3) is 0 Å². The van der Waals surface area contributed by atoms with Crippen molar-refractivity contribution in [3.05, 3.63) is 54.1 Å². The van der Waals surface area contributed by atoms with Crippen LogP contribution < -0.4 is 14.5 Å². The molecule has 0 spiro atoms. The second-order valence-electron chi connectivity index (χ2n) is 7.73. The maximum Gasteiger partial charge on any atom is 0.228 e. The summed E-state index contributed by atoms with van der Waals surface area (Å²) in [7, 11) is 1.59. The first-order valence-electron chi connectivity index (χ1n) is 10.1. The summed E-state index contributed by atoms with van der Waals surface area (Å²) in [4.78, 5) is 31.6. The number of hydrogen-bond donors (Lipinski definition) is 0. The van der Waals surface area contributed by atoms with Crippen LogP contribution in [0.2, 0.25) is 0 Å². The van der Waals surface area contributed by atoms with Gasteiger partial charge in [-0.2, -0.15) is 0 Å². The zero-order valence-electron chi connectivity index (χ0n) is 17.0. The molecule has 2 saturated heterocycles. The number of anilines is 2. The predicted molar refractivity (Wildman–Crippen MR) is 113 cm³/mol. The lowest BCUT2D eigenvalue weighted by Gasteiger charge is -2.37. The second-order valence-corrected chi connectivity index (χ2v) is 7.73. The minimum absolute atomic E-state index is 0.0220. The molecule has 2 aliphatic heterocycles. The summed E-state index contributed by atoms with van der Waals surface area (Å²) in [5.74, 6) is 0.421. The quantitative estimate of drug-likeness (QED) is 0.802. The van der Waals surface area contributed by atoms with E-state index < -0.39 is 0 Å². The molecule has 2 amide bonds. The molecule has 0 radical (unpaired) electrons. The fraction of sp³-hybridized carbons (Fsp3) is 0.391. The standard InChI is InChI=1S/C23H27N3O3/c1-17-6-5-7-19(14-17)24-10-12-25(13-11-24)23(28)18-15-22(27)26(16-18)20-8-3-4-9-21(20)29-2/h3-9,14,18H,10-13,15-16H2,1-2H3. The van der Waals surface area contributed by atoms with Crippen molar-refractivity contribution in [2.75, 3.05) is 49.6 Å². The molecule has 6 nitrogen and oxygen atoms in total. The summed E-state index contributed by atoms with van der Waals surface area (Å²) in [6.07, 6.45) is 0.259. The summed E-state index contributed by atoms with van der Waals surface area (Å²) < 4.78 is 5.39. The Hall–Kier alpha value is -3.02. The molecule has 6 heteroatoms. The number of carbonyl (C=O) groups excluding carboxylic acids is 2. The lowest BCUT2D eigenvalue weighted by Crippen LogP contribution is -2.50. The van der Waals surface area contributed by atoms with Gasteiger partial charge in [0.05, 0.1) is 18.7 Å². The number of piperazine rings is 1. The smallest absolute Gasteiger partial charge is 0.228 e. The lowest BCUT2D eigenvalue weighted by molar-refractivity contribution is -0.136. The SMILES string of the molecule is COc1ccccc1N1CC(C(=O)N2CCN(c3cccc(C)c3)CC2)CC1=O. The van der Waals surface area contributed by atoms with E-state index in [-0.39, 0.29) is 24.2 Å². The van der Waals surface area contributed by atoms with Crippen molar-refractivity contribution in [3.8, 4) is 5.75 Å². The summed E-state index contributed by atoms with van der Waals surface area (Å²) in [5.41, 5.74) is 3.18. The summed E-state index contributed by atoms with van der Waals surface area (Å²) in [6, 6.07) is 15.9. The van der Waals surface area contributed by atoms with Gasteiger partial charge >= 0.3 is 0 Å². The maximum atomic E-state index is 13.1. The van der Waals surface area contributed by atoms with Crippen LogP contribution in [0.25, 0.3) is 0 Å². The molecule has 2 heterocycles. The molecule has 4 rings (SSSR count). The number of rotatable bonds is 4.